The maximum absolute atomic E-state index is 13.0. The van der Waals surface area contributed by atoms with Gasteiger partial charge in [-0.25, -0.2) is 8.42 Å². The van der Waals surface area contributed by atoms with Gasteiger partial charge in [0.15, 0.2) is 0 Å². The SMILES string of the molecule is COc1ccc2ccc(S(=O)(=O)N[C@H]3CCN(Cc4cc(C(=N)N)ccc4N)C3=O)cc2c1. The van der Waals surface area contributed by atoms with Crippen LogP contribution in [0.3, 0.4) is 0 Å². The summed E-state index contributed by atoms with van der Waals surface area (Å²) in [5, 5.41) is 9.18. The molecule has 0 aliphatic carbocycles. The smallest absolute Gasteiger partial charge is 0.241 e. The molecule has 0 spiro atoms. The van der Waals surface area contributed by atoms with Gasteiger partial charge in [0.2, 0.25) is 15.9 Å². The van der Waals surface area contributed by atoms with E-state index in [1.165, 1.54) is 6.07 Å². The normalized spacial score (nSPS) is 16.3. The molecule has 3 aromatic carbocycles. The number of hydrogen-bond acceptors (Lipinski definition) is 6. The first kappa shape index (κ1) is 22.6. The summed E-state index contributed by atoms with van der Waals surface area (Å²) >= 11 is 0. The average molecular weight is 468 g/mol. The molecule has 6 N–H and O–H groups in total. The molecule has 1 aliphatic heterocycles. The number of likely N-dealkylation sites (tertiary alicyclic amines) is 1. The molecule has 0 unspecified atom stereocenters. The van der Waals surface area contributed by atoms with E-state index in [9.17, 15) is 13.2 Å². The van der Waals surface area contributed by atoms with Crippen LogP contribution in [0.15, 0.2) is 59.5 Å². The second-order valence-corrected chi connectivity index (χ2v) is 9.64. The van der Waals surface area contributed by atoms with Crippen molar-refractivity contribution in [3.63, 3.8) is 0 Å². The van der Waals surface area contributed by atoms with Crippen molar-refractivity contribution in [2.45, 2.75) is 23.9 Å². The number of anilines is 1. The Labute approximate surface area is 191 Å². The Bertz CT molecular complexity index is 1360. The quantitative estimate of drug-likeness (QED) is 0.236. The number of methoxy groups -OCH3 is 1. The minimum absolute atomic E-state index is 0.0768. The zero-order valence-corrected chi connectivity index (χ0v) is 18.9. The lowest BCUT2D eigenvalue weighted by Crippen LogP contribution is -2.41. The van der Waals surface area contributed by atoms with Crippen LogP contribution >= 0.6 is 0 Å². The van der Waals surface area contributed by atoms with Crippen molar-refractivity contribution >= 4 is 38.2 Å². The van der Waals surface area contributed by atoms with Crippen molar-refractivity contribution in [1.29, 1.82) is 5.41 Å². The third-order valence-corrected chi connectivity index (χ3v) is 7.21. The highest BCUT2D eigenvalue weighted by Crippen LogP contribution is 2.25. The van der Waals surface area contributed by atoms with Gasteiger partial charge in [-0.05, 0) is 65.2 Å². The fraction of sp³-hybridized carbons (Fsp3) is 0.217. The molecule has 1 aliphatic rings. The van der Waals surface area contributed by atoms with Crippen molar-refractivity contribution in [3.05, 3.63) is 65.7 Å². The highest BCUT2D eigenvalue weighted by molar-refractivity contribution is 7.89. The van der Waals surface area contributed by atoms with Crippen LogP contribution < -0.4 is 20.9 Å². The molecule has 10 heteroatoms. The van der Waals surface area contributed by atoms with Gasteiger partial charge in [0.05, 0.1) is 12.0 Å². The highest BCUT2D eigenvalue weighted by Gasteiger charge is 2.35. The molecule has 1 fully saturated rings. The van der Waals surface area contributed by atoms with E-state index in [0.717, 1.165) is 10.8 Å². The first-order valence-electron chi connectivity index (χ1n) is 10.3. The van der Waals surface area contributed by atoms with Gasteiger partial charge in [0.25, 0.3) is 0 Å². The molecule has 1 heterocycles. The summed E-state index contributed by atoms with van der Waals surface area (Å²) in [6.07, 6.45) is 0.339. The number of nitrogens with one attached hydrogen (secondary N) is 2. The Morgan fingerprint density at radius 3 is 2.64 bits per heavy atom. The standard InChI is InChI=1S/C23H25N5O4S/c1-32-18-5-2-14-3-6-19(12-16(14)11-18)33(30,31)27-21-8-9-28(23(21)29)13-17-10-15(22(25)26)4-7-20(17)24/h2-7,10-12,21,27H,8-9,13,24H2,1H3,(H3,25,26)/t21-/m0/s1. The van der Waals surface area contributed by atoms with Crippen LogP contribution in [0.5, 0.6) is 5.75 Å². The number of amides is 1. The van der Waals surface area contributed by atoms with Crippen molar-refractivity contribution in [3.8, 4) is 5.75 Å². The topological polar surface area (TPSA) is 152 Å². The van der Waals surface area contributed by atoms with Gasteiger partial charge in [-0.15, -0.1) is 0 Å². The Kier molecular flexibility index (Phi) is 5.96. The van der Waals surface area contributed by atoms with Crippen molar-refractivity contribution < 1.29 is 17.9 Å². The molecule has 4 rings (SSSR count). The molecule has 3 aromatic rings. The minimum atomic E-state index is -3.92. The van der Waals surface area contributed by atoms with E-state index in [-0.39, 0.29) is 23.2 Å². The van der Waals surface area contributed by atoms with Gasteiger partial charge in [0.1, 0.15) is 17.6 Å². The average Bonchev–Trinajstić information content (AvgIpc) is 3.12. The molecule has 0 saturated carbocycles. The van der Waals surface area contributed by atoms with Gasteiger partial charge in [0, 0.05) is 24.3 Å². The molecule has 0 aromatic heterocycles. The first-order chi connectivity index (χ1) is 15.7. The Morgan fingerprint density at radius 1 is 1.15 bits per heavy atom. The zero-order chi connectivity index (χ0) is 23.8. The number of fused-ring (bicyclic) bond motifs is 1. The second-order valence-electron chi connectivity index (χ2n) is 7.92. The first-order valence-corrected chi connectivity index (χ1v) is 11.8. The van der Waals surface area contributed by atoms with Crippen LogP contribution in [-0.2, 0) is 21.4 Å². The van der Waals surface area contributed by atoms with Crippen LogP contribution in [0, 0.1) is 5.41 Å². The van der Waals surface area contributed by atoms with Gasteiger partial charge in [-0.3, -0.25) is 10.2 Å². The fourth-order valence-electron chi connectivity index (χ4n) is 3.87. The Balaban J connectivity index is 1.51. The van der Waals surface area contributed by atoms with Crippen LogP contribution in [0.2, 0.25) is 0 Å². The molecular weight excluding hydrogens is 442 g/mol. The number of nitrogen functional groups attached to an aromatic ring is 2. The largest absolute Gasteiger partial charge is 0.497 e. The lowest BCUT2D eigenvalue weighted by atomic mass is 10.1. The van der Waals surface area contributed by atoms with Crippen molar-refractivity contribution in [2.24, 2.45) is 5.73 Å². The maximum atomic E-state index is 13.0. The highest BCUT2D eigenvalue weighted by atomic mass is 32.2. The number of nitrogens with zero attached hydrogens (tertiary/aromatic N) is 1. The maximum Gasteiger partial charge on any atom is 0.241 e. The van der Waals surface area contributed by atoms with Crippen LogP contribution in [0.25, 0.3) is 10.8 Å². The number of hydrogen-bond donors (Lipinski definition) is 4. The van der Waals surface area contributed by atoms with E-state index in [2.05, 4.69) is 4.72 Å². The lowest BCUT2D eigenvalue weighted by Gasteiger charge is -2.19. The number of benzene rings is 3. The van der Waals surface area contributed by atoms with Crippen LogP contribution in [-0.4, -0.2) is 44.8 Å². The molecule has 1 amide bonds. The predicted molar refractivity (Wildman–Crippen MR) is 127 cm³/mol. The monoisotopic (exact) mass is 467 g/mol. The molecule has 172 valence electrons. The number of ether oxygens (including phenoxy) is 1. The molecular formula is C23H25N5O4S. The van der Waals surface area contributed by atoms with Gasteiger partial charge in [-0.2, -0.15) is 4.72 Å². The van der Waals surface area contributed by atoms with Gasteiger partial charge >= 0.3 is 0 Å². The number of carbonyl (C=O) groups excluding carboxylic acids is 1. The second kappa shape index (κ2) is 8.72. The molecule has 33 heavy (non-hydrogen) atoms. The van der Waals surface area contributed by atoms with E-state index in [1.54, 1.807) is 54.5 Å². The zero-order valence-electron chi connectivity index (χ0n) is 18.0. The molecule has 9 nitrogen and oxygen atoms in total. The van der Waals surface area contributed by atoms with E-state index in [4.69, 9.17) is 21.6 Å². The minimum Gasteiger partial charge on any atom is -0.497 e. The molecule has 0 bridgehead atoms. The number of nitrogens with two attached hydrogens (primary N) is 2. The summed E-state index contributed by atoms with van der Waals surface area (Å²) in [6, 6.07) is 14.3. The molecule has 1 atom stereocenters. The lowest BCUT2D eigenvalue weighted by molar-refractivity contribution is -0.129. The summed E-state index contributed by atoms with van der Waals surface area (Å²) in [5.41, 5.74) is 13.2. The van der Waals surface area contributed by atoms with Gasteiger partial charge < -0.3 is 21.1 Å². The van der Waals surface area contributed by atoms with Crippen LogP contribution in [0.1, 0.15) is 17.5 Å². The Morgan fingerprint density at radius 2 is 1.91 bits per heavy atom. The summed E-state index contributed by atoms with van der Waals surface area (Å²) in [5.74, 6) is 0.205. The van der Waals surface area contributed by atoms with Crippen molar-refractivity contribution in [2.75, 3.05) is 19.4 Å². The molecule has 0 radical (unpaired) electrons. The summed E-state index contributed by atoms with van der Waals surface area (Å²) in [6.45, 7) is 0.588. The summed E-state index contributed by atoms with van der Waals surface area (Å²) in [4.78, 5) is 14.5. The number of amidine groups is 1. The fourth-order valence-corrected chi connectivity index (χ4v) is 5.13. The summed E-state index contributed by atoms with van der Waals surface area (Å²) < 4.78 is 33.8. The molecule has 1 saturated heterocycles. The number of sulfonamides is 1. The summed E-state index contributed by atoms with van der Waals surface area (Å²) in [7, 11) is -2.37. The van der Waals surface area contributed by atoms with Crippen molar-refractivity contribution in [1.82, 2.24) is 9.62 Å². The number of carbonyl (C=O) groups is 1. The van der Waals surface area contributed by atoms with Gasteiger partial charge in [-0.1, -0.05) is 12.1 Å². The van der Waals surface area contributed by atoms with Crippen LogP contribution in [0.4, 0.5) is 5.69 Å². The number of rotatable bonds is 7. The van der Waals surface area contributed by atoms with E-state index in [0.29, 0.717) is 35.5 Å². The Hall–Kier alpha value is -3.63. The predicted octanol–water partition coefficient (Wildman–Crippen LogP) is 1.79. The third kappa shape index (κ3) is 4.62. The van der Waals surface area contributed by atoms with E-state index in [1.807, 2.05) is 6.07 Å². The van der Waals surface area contributed by atoms with E-state index < -0.39 is 16.1 Å². The third-order valence-electron chi connectivity index (χ3n) is 5.74. The van der Waals surface area contributed by atoms with E-state index >= 15 is 0 Å².